The Morgan fingerprint density at radius 2 is 1.74 bits per heavy atom. The lowest BCUT2D eigenvalue weighted by Crippen LogP contribution is -2.56. The summed E-state index contributed by atoms with van der Waals surface area (Å²) in [6.45, 7) is 5.33. The number of unbranched alkanes of at least 4 members (excludes halogenated alkanes) is 1. The number of sulfonamides is 1. The Kier molecular flexibility index (Phi) is 14.1. The number of rotatable bonds is 16. The number of piperazine rings is 1. The standard InChI is InChI=1S/C34H46Cl2N8O5S/c1-3-4-9-27(33(46)44-18-16-43(17-19-44)30(45)20-24(37)8-6-15-40-34(38)39)42-50(47,48)29-14-13-26(35)25(31(29)36)21-49-28-10-5-7-23-12-11-22(2)41-32(23)28/h5,7,10-14,24,27,42H,3-4,6,8-9,15-21,37H2,1-2H3,(H4,38,39,40)/t24-,27+/m0/s1. The third kappa shape index (κ3) is 10.4. The van der Waals surface area contributed by atoms with Gasteiger partial charge in [-0.2, -0.15) is 4.72 Å². The summed E-state index contributed by atoms with van der Waals surface area (Å²) in [6.07, 6.45) is 3.08. The van der Waals surface area contributed by atoms with Gasteiger partial charge in [0.25, 0.3) is 0 Å². The molecule has 2 atom stereocenters. The van der Waals surface area contributed by atoms with Crippen molar-refractivity contribution in [2.75, 3.05) is 32.7 Å². The Bertz CT molecular complexity index is 1800. The number of fused-ring (bicyclic) bond motifs is 1. The molecule has 3 aromatic rings. The summed E-state index contributed by atoms with van der Waals surface area (Å²) in [6, 6.07) is 10.8. The molecule has 0 bridgehead atoms. The van der Waals surface area contributed by atoms with E-state index < -0.39 is 16.1 Å². The van der Waals surface area contributed by atoms with E-state index >= 15 is 0 Å². The summed E-state index contributed by atoms with van der Waals surface area (Å²) in [5.74, 6) is 0.0530. The van der Waals surface area contributed by atoms with Gasteiger partial charge in [-0.05, 0) is 50.5 Å². The lowest BCUT2D eigenvalue weighted by Gasteiger charge is -2.37. The molecule has 1 fully saturated rings. The maximum Gasteiger partial charge on any atom is 0.242 e. The maximum absolute atomic E-state index is 13.8. The third-order valence-corrected chi connectivity index (χ3v) is 10.9. The number of ether oxygens (including phenoxy) is 1. The van der Waals surface area contributed by atoms with Crippen molar-refractivity contribution in [3.8, 4) is 5.75 Å². The number of hydrogen-bond acceptors (Lipinski definition) is 8. The number of nitrogens with one attached hydrogen (secondary N) is 1. The summed E-state index contributed by atoms with van der Waals surface area (Å²) in [5, 5.41) is 1.02. The molecule has 0 aliphatic carbocycles. The van der Waals surface area contributed by atoms with Gasteiger partial charge in [-0.3, -0.25) is 14.6 Å². The molecule has 2 aromatic carbocycles. The number of halogens is 2. The largest absolute Gasteiger partial charge is 0.487 e. The van der Waals surface area contributed by atoms with Crippen LogP contribution in [0.1, 0.15) is 56.7 Å². The van der Waals surface area contributed by atoms with Crippen LogP contribution in [-0.2, 0) is 26.2 Å². The first-order valence-electron chi connectivity index (χ1n) is 16.7. The Morgan fingerprint density at radius 1 is 1.02 bits per heavy atom. The zero-order valence-corrected chi connectivity index (χ0v) is 30.7. The van der Waals surface area contributed by atoms with Crippen molar-refractivity contribution in [1.29, 1.82) is 0 Å². The van der Waals surface area contributed by atoms with E-state index in [-0.39, 0.29) is 76.9 Å². The van der Waals surface area contributed by atoms with Crippen molar-refractivity contribution in [2.24, 2.45) is 22.2 Å². The number of aliphatic imine (C=N–C) groups is 1. The second-order valence-electron chi connectivity index (χ2n) is 12.3. The fraction of sp³-hybridized carbons (Fsp3) is 0.471. The van der Waals surface area contributed by atoms with Gasteiger partial charge in [0.2, 0.25) is 21.8 Å². The molecule has 272 valence electrons. The van der Waals surface area contributed by atoms with Crippen LogP contribution >= 0.6 is 23.2 Å². The van der Waals surface area contributed by atoms with E-state index in [2.05, 4.69) is 14.7 Å². The predicted octanol–water partition coefficient (Wildman–Crippen LogP) is 3.71. The van der Waals surface area contributed by atoms with Crippen LogP contribution in [0.5, 0.6) is 5.75 Å². The van der Waals surface area contributed by atoms with Gasteiger partial charge < -0.3 is 31.7 Å². The summed E-state index contributed by atoms with van der Waals surface area (Å²) in [4.78, 5) is 38.2. The number of nitrogens with two attached hydrogens (primary N) is 3. The van der Waals surface area contributed by atoms with Crippen LogP contribution in [0.4, 0.5) is 0 Å². The van der Waals surface area contributed by atoms with Gasteiger partial charge in [0.05, 0.1) is 5.02 Å². The minimum absolute atomic E-state index is 0.0153. The molecule has 1 saturated heterocycles. The van der Waals surface area contributed by atoms with Crippen molar-refractivity contribution in [1.82, 2.24) is 19.5 Å². The van der Waals surface area contributed by atoms with Crippen LogP contribution in [0.2, 0.25) is 10.0 Å². The normalized spacial score (nSPS) is 14.7. The average Bonchev–Trinajstić information content (AvgIpc) is 3.08. The molecule has 50 heavy (non-hydrogen) atoms. The van der Waals surface area contributed by atoms with Gasteiger partial charge in [-0.1, -0.05) is 61.2 Å². The van der Waals surface area contributed by atoms with E-state index in [4.69, 9.17) is 45.1 Å². The van der Waals surface area contributed by atoms with Crippen molar-refractivity contribution in [2.45, 2.75) is 76.0 Å². The Labute approximate surface area is 303 Å². The van der Waals surface area contributed by atoms with Crippen LogP contribution in [0.3, 0.4) is 0 Å². The van der Waals surface area contributed by atoms with Crippen LogP contribution in [0.15, 0.2) is 52.4 Å². The molecule has 0 saturated carbocycles. The van der Waals surface area contributed by atoms with Gasteiger partial charge >= 0.3 is 0 Å². The van der Waals surface area contributed by atoms with Gasteiger partial charge in [0.15, 0.2) is 5.96 Å². The van der Waals surface area contributed by atoms with Crippen LogP contribution in [0, 0.1) is 6.92 Å². The summed E-state index contributed by atoms with van der Waals surface area (Å²) >= 11 is 13.2. The number of guanidine groups is 1. The SMILES string of the molecule is CCCC[C@@H](NS(=O)(=O)c1ccc(Cl)c(COc2cccc3ccc(C)nc23)c1Cl)C(=O)N1CCN(C(=O)C[C@@H](N)CCCN=C(N)N)CC1. The molecule has 2 heterocycles. The molecule has 1 aliphatic rings. The number of nitrogens with zero attached hydrogens (tertiary/aromatic N) is 4. The Morgan fingerprint density at radius 3 is 2.44 bits per heavy atom. The number of hydrogen-bond donors (Lipinski definition) is 4. The van der Waals surface area contributed by atoms with Gasteiger partial charge in [0.1, 0.15) is 28.8 Å². The molecular weight excluding hydrogens is 703 g/mol. The quantitative estimate of drug-likeness (QED) is 0.0958. The van der Waals surface area contributed by atoms with E-state index in [0.29, 0.717) is 50.2 Å². The van der Waals surface area contributed by atoms with Crippen LogP contribution in [-0.4, -0.2) is 85.8 Å². The number of aromatic nitrogens is 1. The van der Waals surface area contributed by atoms with E-state index in [1.807, 2.05) is 38.1 Å². The Hall–Kier alpha value is -3.69. The van der Waals surface area contributed by atoms with Gasteiger partial charge in [-0.15, -0.1) is 0 Å². The van der Waals surface area contributed by atoms with Crippen molar-refractivity contribution in [3.05, 3.63) is 63.8 Å². The van der Waals surface area contributed by atoms with E-state index in [1.54, 1.807) is 15.9 Å². The topological polar surface area (TPSA) is 199 Å². The van der Waals surface area contributed by atoms with Crippen LogP contribution < -0.4 is 26.7 Å². The summed E-state index contributed by atoms with van der Waals surface area (Å²) in [5.41, 5.74) is 18.6. The molecule has 0 unspecified atom stereocenters. The van der Waals surface area contributed by atoms with Crippen molar-refractivity contribution in [3.63, 3.8) is 0 Å². The number of benzene rings is 2. The maximum atomic E-state index is 13.8. The highest BCUT2D eigenvalue weighted by Gasteiger charge is 2.33. The average molecular weight is 750 g/mol. The zero-order chi connectivity index (χ0) is 36.4. The number of pyridine rings is 1. The minimum atomic E-state index is -4.28. The molecule has 0 radical (unpaired) electrons. The predicted molar refractivity (Wildman–Crippen MR) is 197 cm³/mol. The molecule has 1 aliphatic heterocycles. The lowest BCUT2D eigenvalue weighted by atomic mass is 10.1. The van der Waals surface area contributed by atoms with E-state index in [0.717, 1.165) is 17.5 Å². The van der Waals surface area contributed by atoms with Crippen molar-refractivity contribution < 1.29 is 22.7 Å². The molecule has 13 nitrogen and oxygen atoms in total. The fourth-order valence-corrected chi connectivity index (χ4v) is 7.82. The van der Waals surface area contributed by atoms with Gasteiger partial charge in [-0.25, -0.2) is 13.4 Å². The first-order chi connectivity index (χ1) is 23.8. The minimum Gasteiger partial charge on any atom is -0.487 e. The number of carbonyl (C=O) groups is 2. The molecule has 1 aromatic heterocycles. The van der Waals surface area contributed by atoms with Crippen LogP contribution in [0.25, 0.3) is 10.9 Å². The highest BCUT2D eigenvalue weighted by Crippen LogP contribution is 2.33. The molecule has 4 rings (SSSR count). The van der Waals surface area contributed by atoms with E-state index in [1.165, 1.54) is 12.1 Å². The highest BCUT2D eigenvalue weighted by molar-refractivity contribution is 7.89. The monoisotopic (exact) mass is 748 g/mol. The number of carbonyl (C=O) groups excluding carboxylic acids is 2. The first-order valence-corrected chi connectivity index (χ1v) is 18.9. The molecule has 7 N–H and O–H groups in total. The summed E-state index contributed by atoms with van der Waals surface area (Å²) < 4.78 is 36.2. The lowest BCUT2D eigenvalue weighted by molar-refractivity contribution is -0.140. The molecular formula is C34H46Cl2N8O5S. The second kappa shape index (κ2) is 18.0. The van der Waals surface area contributed by atoms with Gasteiger partial charge in [0, 0.05) is 66.9 Å². The number of para-hydroxylation sites is 1. The number of amides is 2. The summed E-state index contributed by atoms with van der Waals surface area (Å²) in [7, 11) is -4.28. The third-order valence-electron chi connectivity index (χ3n) is 8.48. The second-order valence-corrected chi connectivity index (χ2v) is 14.8. The molecule has 0 spiro atoms. The van der Waals surface area contributed by atoms with E-state index in [9.17, 15) is 18.0 Å². The smallest absolute Gasteiger partial charge is 0.242 e. The Balaban J connectivity index is 1.41. The highest BCUT2D eigenvalue weighted by atomic mass is 35.5. The zero-order valence-electron chi connectivity index (χ0n) is 28.4. The first kappa shape index (κ1) is 39.1. The van der Waals surface area contributed by atoms with Crippen molar-refractivity contribution >= 4 is 61.9 Å². The molecule has 16 heteroatoms. The fourth-order valence-electron chi connectivity index (χ4n) is 5.71. The number of aryl methyl sites for hydroxylation is 1. The molecule has 2 amide bonds.